The molecule has 1 aliphatic carbocycles. The van der Waals surface area contributed by atoms with Crippen LogP contribution in [0.25, 0.3) is 11.1 Å². The van der Waals surface area contributed by atoms with Crippen molar-refractivity contribution in [1.82, 2.24) is 5.32 Å². The second kappa shape index (κ2) is 10.7. The van der Waals surface area contributed by atoms with Crippen LogP contribution in [0.15, 0.2) is 72.8 Å². The molecule has 0 radical (unpaired) electrons. The van der Waals surface area contributed by atoms with Crippen LogP contribution >= 0.6 is 0 Å². The van der Waals surface area contributed by atoms with E-state index in [2.05, 4.69) is 22.8 Å². The molecule has 3 N–H and O–H groups in total. The summed E-state index contributed by atoms with van der Waals surface area (Å²) in [4.78, 5) is 35.8. The van der Waals surface area contributed by atoms with E-state index >= 15 is 0 Å². The van der Waals surface area contributed by atoms with Gasteiger partial charge in [0.1, 0.15) is 18.4 Å². The third-order valence-corrected chi connectivity index (χ3v) is 5.84. The number of nitrogens with one attached hydrogen (secondary N) is 2. The topological polar surface area (TPSA) is 114 Å². The maximum Gasteiger partial charge on any atom is 0.407 e. The summed E-state index contributed by atoms with van der Waals surface area (Å²) < 4.78 is 10.6. The second-order valence-electron chi connectivity index (χ2n) is 8.13. The Morgan fingerprint density at radius 1 is 0.914 bits per heavy atom. The monoisotopic (exact) mass is 474 g/mol. The van der Waals surface area contributed by atoms with Crippen molar-refractivity contribution in [2.45, 2.75) is 25.3 Å². The van der Waals surface area contributed by atoms with Gasteiger partial charge in [-0.15, -0.1) is 0 Å². The lowest BCUT2D eigenvalue weighted by Gasteiger charge is -2.19. The van der Waals surface area contributed by atoms with Crippen LogP contribution in [0.4, 0.5) is 10.5 Å². The summed E-state index contributed by atoms with van der Waals surface area (Å²) >= 11 is 0. The molecule has 35 heavy (non-hydrogen) atoms. The predicted octanol–water partition coefficient (Wildman–Crippen LogP) is 4.41. The van der Waals surface area contributed by atoms with Gasteiger partial charge in [-0.05, 0) is 52.9 Å². The summed E-state index contributed by atoms with van der Waals surface area (Å²) in [6, 6.07) is 21.7. The lowest BCUT2D eigenvalue weighted by molar-refractivity contribution is -0.139. The summed E-state index contributed by atoms with van der Waals surface area (Å²) in [6.07, 6.45) is -0.290. The van der Waals surface area contributed by atoms with E-state index in [4.69, 9.17) is 14.6 Å². The largest absolute Gasteiger partial charge is 0.482 e. The molecule has 180 valence electrons. The van der Waals surface area contributed by atoms with Crippen molar-refractivity contribution in [3.8, 4) is 16.9 Å². The second-order valence-corrected chi connectivity index (χ2v) is 8.13. The highest BCUT2D eigenvalue weighted by Crippen LogP contribution is 2.44. The molecule has 1 atom stereocenters. The Balaban J connectivity index is 1.33. The van der Waals surface area contributed by atoms with Crippen LogP contribution in [0, 0.1) is 0 Å². The molecule has 0 unspecified atom stereocenters. The minimum Gasteiger partial charge on any atom is -0.482 e. The Kier molecular flexibility index (Phi) is 7.30. The van der Waals surface area contributed by atoms with Crippen LogP contribution in [-0.2, 0) is 14.3 Å². The van der Waals surface area contributed by atoms with E-state index in [9.17, 15) is 14.4 Å². The van der Waals surface area contributed by atoms with Crippen LogP contribution in [0.3, 0.4) is 0 Å². The van der Waals surface area contributed by atoms with Crippen LogP contribution in [0.2, 0.25) is 0 Å². The molecular formula is C27H26N2O6. The van der Waals surface area contributed by atoms with E-state index in [1.54, 1.807) is 31.2 Å². The zero-order valence-electron chi connectivity index (χ0n) is 19.2. The third kappa shape index (κ3) is 5.60. The summed E-state index contributed by atoms with van der Waals surface area (Å²) in [5, 5.41) is 14.0. The van der Waals surface area contributed by atoms with Crippen molar-refractivity contribution in [2.75, 3.05) is 18.5 Å². The Labute approximate surface area is 202 Å². The van der Waals surface area contributed by atoms with Gasteiger partial charge in [-0.1, -0.05) is 55.5 Å². The summed E-state index contributed by atoms with van der Waals surface area (Å²) in [5.74, 6) is -1.16. The number of carbonyl (C=O) groups excluding carboxylic acids is 2. The molecule has 0 spiro atoms. The van der Waals surface area contributed by atoms with Gasteiger partial charge >= 0.3 is 12.1 Å². The minimum absolute atomic E-state index is 0.0658. The number of hydrogen-bond acceptors (Lipinski definition) is 5. The molecule has 3 aromatic rings. The Hall–Kier alpha value is -4.33. The summed E-state index contributed by atoms with van der Waals surface area (Å²) in [6.45, 7) is 1.50. The van der Waals surface area contributed by atoms with Crippen LogP contribution in [-0.4, -0.2) is 42.3 Å². The standard InChI is InChI=1S/C27H26N2O6/c1-2-24(26(32)28-17-11-13-18(14-12-17)34-16-25(30)31)29-27(33)35-15-23-21-9-5-3-7-19(21)20-8-4-6-10-22(20)23/h3-14,23-24H,2,15-16H2,1H3,(H,28,32)(H,29,33)(H,30,31)/t24-/m1/s1. The zero-order chi connectivity index (χ0) is 24.8. The first-order valence-electron chi connectivity index (χ1n) is 11.3. The average molecular weight is 475 g/mol. The summed E-state index contributed by atoms with van der Waals surface area (Å²) in [5.41, 5.74) is 5.00. The molecule has 0 saturated carbocycles. The number of aliphatic carboxylic acids is 1. The highest BCUT2D eigenvalue weighted by molar-refractivity contribution is 5.96. The minimum atomic E-state index is -1.08. The number of carboxylic acids is 1. The SMILES string of the molecule is CC[C@@H](NC(=O)OCC1c2ccccc2-c2ccccc21)C(=O)Nc1ccc(OCC(=O)O)cc1. The fraction of sp³-hybridized carbons (Fsp3) is 0.222. The van der Waals surface area contributed by atoms with Crippen molar-refractivity contribution in [3.05, 3.63) is 83.9 Å². The molecule has 8 nitrogen and oxygen atoms in total. The molecule has 1 aliphatic rings. The molecule has 0 heterocycles. The Morgan fingerprint density at radius 2 is 1.51 bits per heavy atom. The molecule has 0 saturated heterocycles. The van der Waals surface area contributed by atoms with Crippen molar-refractivity contribution < 1.29 is 29.0 Å². The first-order valence-corrected chi connectivity index (χ1v) is 11.3. The number of carbonyl (C=O) groups is 3. The number of carboxylic acid groups (broad SMARTS) is 1. The van der Waals surface area contributed by atoms with E-state index in [-0.39, 0.29) is 18.4 Å². The van der Waals surface area contributed by atoms with Gasteiger partial charge in [-0.25, -0.2) is 9.59 Å². The molecule has 0 fully saturated rings. The molecule has 4 rings (SSSR count). The smallest absolute Gasteiger partial charge is 0.407 e. The van der Waals surface area contributed by atoms with Crippen molar-refractivity contribution >= 4 is 23.7 Å². The van der Waals surface area contributed by atoms with Crippen LogP contribution in [0.5, 0.6) is 5.75 Å². The zero-order valence-corrected chi connectivity index (χ0v) is 19.2. The van der Waals surface area contributed by atoms with Gasteiger partial charge in [-0.3, -0.25) is 4.79 Å². The fourth-order valence-corrected chi connectivity index (χ4v) is 4.14. The molecule has 0 aromatic heterocycles. The lowest BCUT2D eigenvalue weighted by Crippen LogP contribution is -2.43. The number of benzene rings is 3. The molecule has 0 bridgehead atoms. The first-order chi connectivity index (χ1) is 17.0. The van der Waals surface area contributed by atoms with Gasteiger partial charge in [-0.2, -0.15) is 0 Å². The lowest BCUT2D eigenvalue weighted by atomic mass is 9.98. The molecule has 8 heteroatoms. The van der Waals surface area contributed by atoms with Crippen molar-refractivity contribution in [3.63, 3.8) is 0 Å². The summed E-state index contributed by atoms with van der Waals surface area (Å²) in [7, 11) is 0. The van der Waals surface area contributed by atoms with E-state index in [1.165, 1.54) is 0 Å². The highest BCUT2D eigenvalue weighted by atomic mass is 16.5. The number of fused-ring (bicyclic) bond motifs is 3. The maximum atomic E-state index is 12.7. The van der Waals surface area contributed by atoms with E-state index < -0.39 is 24.7 Å². The van der Waals surface area contributed by atoms with Crippen LogP contribution < -0.4 is 15.4 Å². The van der Waals surface area contributed by atoms with Crippen molar-refractivity contribution in [1.29, 1.82) is 0 Å². The van der Waals surface area contributed by atoms with E-state index in [0.717, 1.165) is 22.3 Å². The number of hydrogen-bond donors (Lipinski definition) is 3. The number of amides is 2. The predicted molar refractivity (Wildman–Crippen MR) is 130 cm³/mol. The van der Waals surface area contributed by atoms with Gasteiger partial charge in [0.2, 0.25) is 5.91 Å². The van der Waals surface area contributed by atoms with E-state index in [0.29, 0.717) is 17.9 Å². The van der Waals surface area contributed by atoms with Gasteiger partial charge in [0.15, 0.2) is 6.61 Å². The molecule has 3 aromatic carbocycles. The maximum absolute atomic E-state index is 12.7. The van der Waals surface area contributed by atoms with Crippen LogP contribution in [0.1, 0.15) is 30.4 Å². The van der Waals surface area contributed by atoms with Gasteiger partial charge in [0.25, 0.3) is 0 Å². The van der Waals surface area contributed by atoms with E-state index in [1.807, 2.05) is 36.4 Å². The number of rotatable bonds is 9. The number of alkyl carbamates (subject to hydrolysis) is 1. The Morgan fingerprint density at radius 3 is 2.09 bits per heavy atom. The quantitative estimate of drug-likeness (QED) is 0.423. The van der Waals surface area contributed by atoms with Crippen molar-refractivity contribution in [2.24, 2.45) is 0 Å². The number of anilines is 1. The average Bonchev–Trinajstić information content (AvgIpc) is 3.19. The normalized spacial score (nSPS) is 12.7. The Bertz CT molecular complexity index is 1180. The fourth-order valence-electron chi connectivity index (χ4n) is 4.14. The van der Waals surface area contributed by atoms with Gasteiger partial charge in [0, 0.05) is 11.6 Å². The van der Waals surface area contributed by atoms with Gasteiger partial charge < -0.3 is 25.2 Å². The molecular weight excluding hydrogens is 448 g/mol. The third-order valence-electron chi connectivity index (χ3n) is 5.84. The number of ether oxygens (including phenoxy) is 2. The molecule has 0 aliphatic heterocycles. The molecule has 2 amide bonds. The first kappa shape index (κ1) is 23.8. The van der Waals surface area contributed by atoms with Gasteiger partial charge in [0.05, 0.1) is 0 Å². The highest BCUT2D eigenvalue weighted by Gasteiger charge is 2.29.